The van der Waals surface area contributed by atoms with Crippen LogP contribution in [-0.2, 0) is 31.4 Å². The minimum absolute atomic E-state index is 0.0223. The molecule has 2 aliphatic heterocycles. The van der Waals surface area contributed by atoms with E-state index in [1.807, 2.05) is 24.3 Å². The molecule has 4 aliphatic rings. The molecule has 2 atom stereocenters. The summed E-state index contributed by atoms with van der Waals surface area (Å²) in [5.41, 5.74) is 0.750. The highest BCUT2D eigenvalue weighted by molar-refractivity contribution is 7.91. The van der Waals surface area contributed by atoms with Crippen LogP contribution < -0.4 is 5.32 Å². The van der Waals surface area contributed by atoms with Crippen LogP contribution in [0.4, 0.5) is 4.79 Å². The molecule has 2 aliphatic carbocycles. The fourth-order valence-electron chi connectivity index (χ4n) is 6.05. The predicted octanol–water partition coefficient (Wildman–Crippen LogP) is 1.73. The summed E-state index contributed by atoms with van der Waals surface area (Å²) in [6, 6.07) is 6.70. The molecule has 172 valence electrons. The monoisotopic (exact) mass is 459 g/mol. The number of rotatable bonds is 4. The van der Waals surface area contributed by atoms with Crippen LogP contribution >= 0.6 is 0 Å². The minimum atomic E-state index is -3.16. The van der Waals surface area contributed by atoms with Gasteiger partial charge in [-0.25, -0.2) is 13.2 Å². The number of urea groups is 1. The summed E-state index contributed by atoms with van der Waals surface area (Å²) in [5.74, 6) is -0.666. The molecule has 0 radical (unpaired) electrons. The van der Waals surface area contributed by atoms with Crippen LogP contribution in [0, 0.1) is 0 Å². The second-order valence-electron chi connectivity index (χ2n) is 9.53. The molecule has 5 rings (SSSR count). The van der Waals surface area contributed by atoms with Crippen molar-refractivity contribution in [3.8, 4) is 0 Å². The first-order valence-corrected chi connectivity index (χ1v) is 13.4. The summed E-state index contributed by atoms with van der Waals surface area (Å²) in [6.07, 6.45) is 6.21. The number of carbonyl (C=O) groups excluding carboxylic acids is 3. The number of nitrogens with zero attached hydrogens (tertiary/aromatic N) is 2. The van der Waals surface area contributed by atoms with Crippen molar-refractivity contribution in [2.75, 3.05) is 18.1 Å². The van der Waals surface area contributed by atoms with Gasteiger partial charge in [0.05, 0.1) is 11.5 Å². The Balaban J connectivity index is 1.40. The van der Waals surface area contributed by atoms with Crippen LogP contribution in [0.3, 0.4) is 0 Å². The summed E-state index contributed by atoms with van der Waals surface area (Å²) in [7, 11) is -3.16. The molecule has 2 heterocycles. The molecule has 4 amide bonds. The summed E-state index contributed by atoms with van der Waals surface area (Å²) < 4.78 is 24.2. The molecule has 1 spiro atoms. The normalized spacial score (nSPS) is 29.4. The topological polar surface area (TPSA) is 104 Å². The zero-order chi connectivity index (χ0) is 22.5. The fourth-order valence-corrected chi connectivity index (χ4v) is 7.77. The first-order valence-electron chi connectivity index (χ1n) is 11.5. The lowest BCUT2D eigenvalue weighted by Gasteiger charge is -2.35. The smallest absolute Gasteiger partial charge is 0.325 e. The van der Waals surface area contributed by atoms with Crippen LogP contribution in [0.15, 0.2) is 24.3 Å². The highest BCUT2D eigenvalue weighted by Crippen LogP contribution is 2.40. The number of aryl methyl sites for hydroxylation is 1. The van der Waals surface area contributed by atoms with E-state index in [0.29, 0.717) is 12.8 Å². The van der Waals surface area contributed by atoms with Crippen LogP contribution in [0.2, 0.25) is 0 Å². The third kappa shape index (κ3) is 3.50. The predicted molar refractivity (Wildman–Crippen MR) is 117 cm³/mol. The third-order valence-electron chi connectivity index (χ3n) is 7.55. The molecule has 1 aromatic rings. The standard InChI is InChI=1S/C23H29N3O5S/c27-20(26(17-8-2-3-9-17)18-11-13-32(30,31)15-18)14-25-21(28)23(24-22(25)29)12-5-7-16-6-1-4-10-19(16)23/h1,4,6,10,17-18H,2-3,5,7-9,11-15H2,(H,24,29)/t18-,23-/m1/s1. The molecule has 0 aromatic heterocycles. The zero-order valence-electron chi connectivity index (χ0n) is 18.1. The minimum Gasteiger partial charge on any atom is -0.334 e. The van der Waals surface area contributed by atoms with Gasteiger partial charge in [0.2, 0.25) is 5.91 Å². The molecular weight excluding hydrogens is 430 g/mol. The summed E-state index contributed by atoms with van der Waals surface area (Å²) >= 11 is 0. The average Bonchev–Trinajstić information content (AvgIpc) is 3.46. The van der Waals surface area contributed by atoms with Gasteiger partial charge in [-0.3, -0.25) is 14.5 Å². The van der Waals surface area contributed by atoms with Crippen molar-refractivity contribution in [2.24, 2.45) is 0 Å². The lowest BCUT2D eigenvalue weighted by atomic mass is 9.76. The van der Waals surface area contributed by atoms with Gasteiger partial charge in [-0.1, -0.05) is 37.1 Å². The van der Waals surface area contributed by atoms with E-state index in [0.717, 1.165) is 54.6 Å². The second-order valence-corrected chi connectivity index (χ2v) is 11.8. The van der Waals surface area contributed by atoms with Crippen molar-refractivity contribution in [1.29, 1.82) is 0 Å². The number of carbonyl (C=O) groups is 3. The van der Waals surface area contributed by atoms with Crippen molar-refractivity contribution in [1.82, 2.24) is 15.1 Å². The third-order valence-corrected chi connectivity index (χ3v) is 9.30. The van der Waals surface area contributed by atoms with Gasteiger partial charge in [-0.15, -0.1) is 0 Å². The van der Waals surface area contributed by atoms with Crippen molar-refractivity contribution in [3.63, 3.8) is 0 Å². The number of benzene rings is 1. The van der Waals surface area contributed by atoms with Gasteiger partial charge >= 0.3 is 6.03 Å². The maximum absolute atomic E-state index is 13.5. The SMILES string of the molecule is O=C1N[C@@]2(CCCc3ccccc32)C(=O)N1CC(=O)N(C1CCCC1)[C@@H]1CCS(=O)(=O)C1. The molecule has 9 heteroatoms. The Morgan fingerprint density at radius 3 is 2.56 bits per heavy atom. The average molecular weight is 460 g/mol. The van der Waals surface area contributed by atoms with E-state index in [4.69, 9.17) is 0 Å². The molecule has 32 heavy (non-hydrogen) atoms. The highest BCUT2D eigenvalue weighted by Gasteiger charge is 2.54. The first-order chi connectivity index (χ1) is 15.3. The number of imide groups is 1. The van der Waals surface area contributed by atoms with Crippen LogP contribution in [0.25, 0.3) is 0 Å². The van der Waals surface area contributed by atoms with Gasteiger partial charge in [0.15, 0.2) is 9.84 Å². The second kappa shape index (κ2) is 7.86. The van der Waals surface area contributed by atoms with E-state index in [2.05, 4.69) is 5.32 Å². The number of hydrogen-bond donors (Lipinski definition) is 1. The number of hydrogen-bond acceptors (Lipinski definition) is 5. The first kappa shape index (κ1) is 21.4. The van der Waals surface area contributed by atoms with E-state index in [9.17, 15) is 22.8 Å². The van der Waals surface area contributed by atoms with E-state index in [-0.39, 0.29) is 41.9 Å². The number of nitrogens with one attached hydrogen (secondary N) is 1. The molecular formula is C23H29N3O5S. The van der Waals surface area contributed by atoms with Gasteiger partial charge in [-0.2, -0.15) is 0 Å². The van der Waals surface area contributed by atoms with Crippen LogP contribution in [-0.4, -0.2) is 66.2 Å². The maximum Gasteiger partial charge on any atom is 0.325 e. The Labute approximate surface area is 188 Å². The maximum atomic E-state index is 13.5. The van der Waals surface area contributed by atoms with Gasteiger partial charge in [0, 0.05) is 12.1 Å². The number of sulfone groups is 1. The molecule has 0 bridgehead atoms. The number of amides is 4. The molecule has 8 nitrogen and oxygen atoms in total. The quantitative estimate of drug-likeness (QED) is 0.691. The Morgan fingerprint density at radius 2 is 1.84 bits per heavy atom. The Kier molecular flexibility index (Phi) is 5.27. The lowest BCUT2D eigenvalue weighted by molar-refractivity contribution is -0.142. The van der Waals surface area contributed by atoms with E-state index < -0.39 is 21.4 Å². The van der Waals surface area contributed by atoms with E-state index in [1.165, 1.54) is 0 Å². The molecule has 1 aromatic carbocycles. The summed E-state index contributed by atoms with van der Waals surface area (Å²) in [6.45, 7) is -0.346. The molecule has 0 unspecified atom stereocenters. The number of fused-ring (bicyclic) bond motifs is 2. The van der Waals surface area contributed by atoms with Crippen molar-refractivity contribution >= 4 is 27.7 Å². The lowest BCUT2D eigenvalue weighted by Crippen LogP contribution is -2.52. The van der Waals surface area contributed by atoms with Crippen molar-refractivity contribution in [3.05, 3.63) is 35.4 Å². The van der Waals surface area contributed by atoms with E-state index >= 15 is 0 Å². The Bertz CT molecular complexity index is 1070. The largest absolute Gasteiger partial charge is 0.334 e. The molecule has 1 N–H and O–H groups in total. The Morgan fingerprint density at radius 1 is 1.09 bits per heavy atom. The summed E-state index contributed by atoms with van der Waals surface area (Å²) in [4.78, 5) is 42.6. The Hall–Kier alpha value is -2.42. The molecule has 1 saturated carbocycles. The van der Waals surface area contributed by atoms with Crippen LogP contribution in [0.1, 0.15) is 56.1 Å². The van der Waals surface area contributed by atoms with Gasteiger partial charge in [-0.05, 0) is 49.7 Å². The van der Waals surface area contributed by atoms with Gasteiger partial charge in [0.1, 0.15) is 12.1 Å². The van der Waals surface area contributed by atoms with Gasteiger partial charge in [0.25, 0.3) is 5.91 Å². The zero-order valence-corrected chi connectivity index (χ0v) is 18.9. The van der Waals surface area contributed by atoms with E-state index in [1.54, 1.807) is 4.90 Å². The fraction of sp³-hybridized carbons (Fsp3) is 0.609. The molecule has 3 fully saturated rings. The highest BCUT2D eigenvalue weighted by atomic mass is 32.2. The van der Waals surface area contributed by atoms with Gasteiger partial charge < -0.3 is 10.2 Å². The van der Waals surface area contributed by atoms with Crippen molar-refractivity contribution < 1.29 is 22.8 Å². The molecule has 2 saturated heterocycles. The summed E-state index contributed by atoms with van der Waals surface area (Å²) in [5, 5.41) is 2.89. The van der Waals surface area contributed by atoms with Crippen molar-refractivity contribution in [2.45, 2.75) is 69.0 Å². The van der Waals surface area contributed by atoms with Crippen LogP contribution in [0.5, 0.6) is 0 Å².